The maximum absolute atomic E-state index is 13.4. The lowest BCUT2D eigenvalue weighted by molar-refractivity contribution is -0.184. The molecule has 5 rings (SSSR count). The molecular weight excluding hydrogens is 388 g/mol. The largest absolute Gasteiger partial charge is 0.461 e. The summed E-state index contributed by atoms with van der Waals surface area (Å²) in [4.78, 5) is 26.3. The van der Waals surface area contributed by atoms with E-state index >= 15 is 0 Å². The van der Waals surface area contributed by atoms with Crippen molar-refractivity contribution in [1.82, 2.24) is 0 Å². The van der Waals surface area contributed by atoms with Gasteiger partial charge in [-0.2, -0.15) is 0 Å². The molecule has 4 bridgehead atoms. The van der Waals surface area contributed by atoms with Gasteiger partial charge in [-0.25, -0.2) is 0 Å². The molecule has 1 aromatic rings. The van der Waals surface area contributed by atoms with Crippen LogP contribution in [0.2, 0.25) is 0 Å². The normalized spacial score (nSPS) is 31.2. The molecule has 170 valence electrons. The lowest BCUT2D eigenvalue weighted by Gasteiger charge is -2.54. The summed E-state index contributed by atoms with van der Waals surface area (Å²) in [5, 5.41) is 0. The second-order valence-electron chi connectivity index (χ2n) is 11.3. The van der Waals surface area contributed by atoms with E-state index in [1.54, 1.807) is 0 Å². The summed E-state index contributed by atoms with van der Waals surface area (Å²) in [5.41, 5.74) is -0.488. The molecule has 0 amide bonds. The van der Waals surface area contributed by atoms with Gasteiger partial charge in [-0.15, -0.1) is 0 Å². The van der Waals surface area contributed by atoms with E-state index in [9.17, 15) is 9.59 Å². The van der Waals surface area contributed by atoms with Gasteiger partial charge in [0.2, 0.25) is 0 Å². The van der Waals surface area contributed by atoms with Crippen LogP contribution in [0.25, 0.3) is 0 Å². The predicted molar refractivity (Wildman–Crippen MR) is 120 cm³/mol. The molecule has 31 heavy (non-hydrogen) atoms. The second kappa shape index (κ2) is 8.60. The molecule has 1 unspecified atom stereocenters. The van der Waals surface area contributed by atoms with E-state index in [1.807, 2.05) is 58.0 Å². The van der Waals surface area contributed by atoms with Crippen LogP contribution < -0.4 is 0 Å². The Labute approximate surface area is 187 Å². The summed E-state index contributed by atoms with van der Waals surface area (Å²) in [5.74, 6) is 2.41. The van der Waals surface area contributed by atoms with Gasteiger partial charge >= 0.3 is 11.9 Å². The monoisotopic (exact) mass is 426 g/mol. The molecular formula is C27H38O4. The van der Waals surface area contributed by atoms with Crippen LogP contribution in [-0.2, 0) is 25.7 Å². The van der Waals surface area contributed by atoms with E-state index in [0.717, 1.165) is 17.4 Å². The molecule has 0 heterocycles. The first kappa shape index (κ1) is 22.4. The summed E-state index contributed by atoms with van der Waals surface area (Å²) in [6.45, 7) is 7.99. The maximum atomic E-state index is 13.4. The Morgan fingerprint density at radius 1 is 0.903 bits per heavy atom. The number of rotatable bonds is 8. The standard InChI is InChI=1S/C27H38O4/c1-5-27(4,17-26(2,3)24(28)30-16-18-9-7-6-8-10-18)25(29)31-23-21-12-19-11-20(14-21)15-22(23)13-19/h6-10,19-23H,5,11-17H2,1-4H3. The lowest BCUT2D eigenvalue weighted by Crippen LogP contribution is -2.51. The lowest BCUT2D eigenvalue weighted by atomic mass is 9.55. The SMILES string of the molecule is CCC(C)(CC(C)(C)C(=O)OCc1ccccc1)C(=O)OC1C2CC3CC(C2)CC1C3. The highest BCUT2D eigenvalue weighted by molar-refractivity contribution is 5.80. The summed E-state index contributed by atoms with van der Waals surface area (Å²) in [6, 6.07) is 9.69. The minimum atomic E-state index is -0.761. The highest BCUT2D eigenvalue weighted by Gasteiger charge is 2.51. The smallest absolute Gasteiger partial charge is 0.312 e. The van der Waals surface area contributed by atoms with E-state index in [-0.39, 0.29) is 24.6 Å². The molecule has 1 atom stereocenters. The zero-order valence-electron chi connectivity index (χ0n) is 19.6. The van der Waals surface area contributed by atoms with Crippen molar-refractivity contribution in [1.29, 1.82) is 0 Å². The average Bonchev–Trinajstić information content (AvgIpc) is 2.74. The van der Waals surface area contributed by atoms with Crippen molar-refractivity contribution < 1.29 is 19.1 Å². The van der Waals surface area contributed by atoms with Crippen LogP contribution >= 0.6 is 0 Å². The number of carbonyl (C=O) groups is 2. The summed E-state index contributed by atoms with van der Waals surface area (Å²) >= 11 is 0. The quantitative estimate of drug-likeness (QED) is 0.483. The fraction of sp³-hybridized carbons (Fsp3) is 0.704. The fourth-order valence-corrected chi connectivity index (χ4v) is 6.64. The molecule has 4 fully saturated rings. The van der Waals surface area contributed by atoms with E-state index in [1.165, 1.54) is 32.1 Å². The topological polar surface area (TPSA) is 52.6 Å². The van der Waals surface area contributed by atoms with Crippen LogP contribution in [0.4, 0.5) is 0 Å². The molecule has 0 aromatic heterocycles. The Balaban J connectivity index is 1.37. The Hall–Kier alpha value is -1.84. The van der Waals surface area contributed by atoms with E-state index in [0.29, 0.717) is 24.7 Å². The van der Waals surface area contributed by atoms with Gasteiger partial charge < -0.3 is 9.47 Å². The minimum Gasteiger partial charge on any atom is -0.461 e. The summed E-state index contributed by atoms with van der Waals surface area (Å²) < 4.78 is 11.8. The third-order valence-electron chi connectivity index (χ3n) is 8.25. The van der Waals surface area contributed by atoms with Gasteiger partial charge in [0.15, 0.2) is 0 Å². The van der Waals surface area contributed by atoms with Gasteiger partial charge in [0.25, 0.3) is 0 Å². The number of ether oxygens (including phenoxy) is 2. The number of benzene rings is 1. The molecule has 4 aliphatic rings. The molecule has 0 radical (unpaired) electrons. The van der Waals surface area contributed by atoms with Gasteiger partial charge in [-0.3, -0.25) is 9.59 Å². The van der Waals surface area contributed by atoms with Crippen molar-refractivity contribution in [3.8, 4) is 0 Å². The van der Waals surface area contributed by atoms with E-state index < -0.39 is 10.8 Å². The van der Waals surface area contributed by atoms with Gasteiger partial charge in [0.05, 0.1) is 10.8 Å². The van der Waals surface area contributed by atoms with Crippen molar-refractivity contribution >= 4 is 11.9 Å². The number of hydrogen-bond donors (Lipinski definition) is 0. The van der Waals surface area contributed by atoms with Crippen LogP contribution in [0.1, 0.15) is 78.2 Å². The predicted octanol–water partition coefficient (Wildman–Crippen LogP) is 5.93. The zero-order chi connectivity index (χ0) is 22.2. The minimum absolute atomic E-state index is 0.0827. The fourth-order valence-electron chi connectivity index (χ4n) is 6.64. The van der Waals surface area contributed by atoms with E-state index in [2.05, 4.69) is 0 Å². The summed E-state index contributed by atoms with van der Waals surface area (Å²) in [7, 11) is 0. The number of esters is 2. The molecule has 0 spiro atoms. The molecule has 0 aliphatic heterocycles. The second-order valence-corrected chi connectivity index (χ2v) is 11.3. The van der Waals surface area contributed by atoms with E-state index in [4.69, 9.17) is 9.47 Å². The molecule has 4 aliphatic carbocycles. The van der Waals surface area contributed by atoms with Gasteiger partial charge in [0, 0.05) is 0 Å². The number of carbonyl (C=O) groups excluding carboxylic acids is 2. The van der Waals surface area contributed by atoms with Crippen molar-refractivity contribution in [3.63, 3.8) is 0 Å². The first-order chi connectivity index (χ1) is 14.7. The molecule has 4 nitrogen and oxygen atoms in total. The van der Waals surface area contributed by atoms with Gasteiger partial charge in [-0.05, 0) is 95.0 Å². The molecule has 4 saturated carbocycles. The Morgan fingerprint density at radius 2 is 1.48 bits per heavy atom. The number of hydrogen-bond acceptors (Lipinski definition) is 4. The molecule has 4 heteroatoms. The molecule has 0 N–H and O–H groups in total. The van der Waals surface area contributed by atoms with Gasteiger partial charge in [-0.1, -0.05) is 37.3 Å². The van der Waals surface area contributed by atoms with Crippen molar-refractivity contribution in [2.75, 3.05) is 0 Å². The first-order valence-electron chi connectivity index (χ1n) is 12.1. The highest BCUT2D eigenvalue weighted by atomic mass is 16.5. The third kappa shape index (κ3) is 4.68. The van der Waals surface area contributed by atoms with Crippen LogP contribution in [0.3, 0.4) is 0 Å². The third-order valence-corrected chi connectivity index (χ3v) is 8.25. The van der Waals surface area contributed by atoms with Crippen LogP contribution in [-0.4, -0.2) is 18.0 Å². The highest BCUT2D eigenvalue weighted by Crippen LogP contribution is 2.55. The van der Waals surface area contributed by atoms with Crippen LogP contribution in [0.5, 0.6) is 0 Å². The molecule has 0 saturated heterocycles. The van der Waals surface area contributed by atoms with Crippen LogP contribution in [0.15, 0.2) is 30.3 Å². The average molecular weight is 427 g/mol. The van der Waals surface area contributed by atoms with Gasteiger partial charge in [0.1, 0.15) is 12.7 Å². The van der Waals surface area contributed by atoms with Crippen molar-refractivity contribution in [3.05, 3.63) is 35.9 Å². The first-order valence-corrected chi connectivity index (χ1v) is 12.1. The molecule has 1 aromatic carbocycles. The Kier molecular flexibility index (Phi) is 6.20. The van der Waals surface area contributed by atoms with Crippen LogP contribution in [0, 0.1) is 34.5 Å². The van der Waals surface area contributed by atoms with Crippen molar-refractivity contribution in [2.45, 2.75) is 85.4 Å². The Bertz CT molecular complexity index is 771. The zero-order valence-corrected chi connectivity index (χ0v) is 19.6. The Morgan fingerprint density at radius 3 is 2.03 bits per heavy atom. The maximum Gasteiger partial charge on any atom is 0.312 e. The van der Waals surface area contributed by atoms with Crippen molar-refractivity contribution in [2.24, 2.45) is 34.5 Å². The summed E-state index contributed by atoms with van der Waals surface area (Å²) in [6.07, 6.45) is 7.45.